The molecule has 0 aliphatic rings. The molecule has 0 fully saturated rings. The molecule has 23 heavy (non-hydrogen) atoms. The molecule has 0 saturated heterocycles. The van der Waals surface area contributed by atoms with E-state index in [0.29, 0.717) is 5.69 Å². The third-order valence-corrected chi connectivity index (χ3v) is 3.60. The van der Waals surface area contributed by atoms with Crippen LogP contribution in [0.2, 0.25) is 0 Å². The van der Waals surface area contributed by atoms with Gasteiger partial charge in [-0.15, -0.1) is 0 Å². The van der Waals surface area contributed by atoms with Gasteiger partial charge < -0.3 is 19.9 Å². The predicted octanol–water partition coefficient (Wildman–Crippen LogP) is 2.58. The first kappa shape index (κ1) is 19.7. The summed E-state index contributed by atoms with van der Waals surface area (Å²) in [6.45, 7) is 8.39. The summed E-state index contributed by atoms with van der Waals surface area (Å²) in [6.07, 6.45) is 2.22. The maximum absolute atomic E-state index is 6.06. The third kappa shape index (κ3) is 8.21. The number of ether oxygens (including phenoxy) is 3. The number of benzene rings is 1. The van der Waals surface area contributed by atoms with E-state index >= 15 is 0 Å². The molecule has 0 atom stereocenters. The molecule has 1 aromatic carbocycles. The van der Waals surface area contributed by atoms with Crippen LogP contribution in [0.4, 0.5) is 5.69 Å². The van der Waals surface area contributed by atoms with Crippen molar-refractivity contribution in [2.75, 3.05) is 52.8 Å². The zero-order valence-electron chi connectivity index (χ0n) is 15.0. The Hall–Kier alpha value is -1.30. The van der Waals surface area contributed by atoms with Crippen LogP contribution in [0.1, 0.15) is 25.8 Å². The number of hydrogen-bond donors (Lipinski definition) is 1. The van der Waals surface area contributed by atoms with Gasteiger partial charge in [0.1, 0.15) is 5.75 Å². The van der Waals surface area contributed by atoms with E-state index in [9.17, 15) is 0 Å². The monoisotopic (exact) mass is 324 g/mol. The molecule has 0 radical (unpaired) electrons. The van der Waals surface area contributed by atoms with E-state index in [4.69, 9.17) is 19.9 Å². The first-order chi connectivity index (χ1) is 11.1. The Bertz CT molecular complexity index is 430. The van der Waals surface area contributed by atoms with Crippen LogP contribution in [0.3, 0.4) is 0 Å². The van der Waals surface area contributed by atoms with Gasteiger partial charge in [0.15, 0.2) is 0 Å². The molecule has 132 valence electrons. The number of aryl methyl sites for hydroxylation is 1. The molecular weight excluding hydrogens is 292 g/mol. The van der Waals surface area contributed by atoms with Crippen molar-refractivity contribution >= 4 is 5.69 Å². The highest BCUT2D eigenvalue weighted by molar-refractivity contribution is 5.54. The zero-order chi connectivity index (χ0) is 17.1. The fraction of sp³-hybridized carbons (Fsp3) is 0.667. The molecule has 5 nitrogen and oxygen atoms in total. The Kier molecular flexibility index (Phi) is 9.67. The van der Waals surface area contributed by atoms with Gasteiger partial charge in [-0.3, -0.25) is 4.90 Å². The van der Waals surface area contributed by atoms with E-state index in [1.54, 1.807) is 14.2 Å². The van der Waals surface area contributed by atoms with E-state index in [0.717, 1.165) is 51.4 Å². The minimum absolute atomic E-state index is 0.137. The lowest BCUT2D eigenvalue weighted by Gasteiger charge is -2.21. The quantitative estimate of drug-likeness (QED) is 0.599. The lowest BCUT2D eigenvalue weighted by Crippen LogP contribution is -2.31. The van der Waals surface area contributed by atoms with Crippen molar-refractivity contribution in [2.24, 2.45) is 0 Å². The summed E-state index contributed by atoms with van der Waals surface area (Å²) in [5.41, 5.74) is 8.03. The first-order valence-corrected chi connectivity index (χ1v) is 8.32. The van der Waals surface area contributed by atoms with Gasteiger partial charge in [0.25, 0.3) is 0 Å². The highest BCUT2D eigenvalue weighted by Crippen LogP contribution is 2.24. The van der Waals surface area contributed by atoms with Crippen molar-refractivity contribution in [1.29, 1.82) is 0 Å². The Morgan fingerprint density at radius 3 is 2.22 bits per heavy atom. The van der Waals surface area contributed by atoms with Crippen LogP contribution >= 0.6 is 0 Å². The molecule has 0 spiro atoms. The summed E-state index contributed by atoms with van der Waals surface area (Å²) in [5.74, 6) is 0.769. The van der Waals surface area contributed by atoms with Crippen molar-refractivity contribution < 1.29 is 14.2 Å². The van der Waals surface area contributed by atoms with Crippen LogP contribution in [0.25, 0.3) is 0 Å². The van der Waals surface area contributed by atoms with Gasteiger partial charge in [-0.1, -0.05) is 6.07 Å². The summed E-state index contributed by atoms with van der Waals surface area (Å²) in [5, 5.41) is 0. The number of anilines is 1. The van der Waals surface area contributed by atoms with Crippen molar-refractivity contribution in [3.8, 4) is 5.75 Å². The summed E-state index contributed by atoms with van der Waals surface area (Å²) in [7, 11) is 3.47. The predicted molar refractivity (Wildman–Crippen MR) is 95.1 cm³/mol. The molecular formula is C18H32N2O3. The molecule has 1 rings (SSSR count). The highest BCUT2D eigenvalue weighted by Gasteiger charge is 2.07. The van der Waals surface area contributed by atoms with Crippen LogP contribution in [0.15, 0.2) is 18.2 Å². The molecule has 0 bridgehead atoms. The lowest BCUT2D eigenvalue weighted by molar-refractivity contribution is 0.113. The van der Waals surface area contributed by atoms with Crippen LogP contribution in [0, 0.1) is 0 Å². The average molecular weight is 324 g/mol. The second kappa shape index (κ2) is 11.3. The maximum Gasteiger partial charge on any atom is 0.142 e. The summed E-state index contributed by atoms with van der Waals surface area (Å²) < 4.78 is 16.0. The van der Waals surface area contributed by atoms with Gasteiger partial charge in [0.2, 0.25) is 0 Å². The van der Waals surface area contributed by atoms with Crippen molar-refractivity contribution in [1.82, 2.24) is 4.90 Å². The fourth-order valence-electron chi connectivity index (χ4n) is 2.40. The van der Waals surface area contributed by atoms with Gasteiger partial charge in [-0.25, -0.2) is 0 Å². The number of nitrogens with zero attached hydrogens (tertiary/aromatic N) is 1. The maximum atomic E-state index is 6.06. The number of nitrogen functional groups attached to an aromatic ring is 1. The van der Waals surface area contributed by atoms with Crippen LogP contribution < -0.4 is 10.5 Å². The Morgan fingerprint density at radius 2 is 1.70 bits per heavy atom. The average Bonchev–Trinajstić information content (AvgIpc) is 2.51. The van der Waals surface area contributed by atoms with Gasteiger partial charge in [0.05, 0.1) is 25.0 Å². The molecule has 5 heteroatoms. The molecule has 1 aromatic rings. The molecule has 2 N–H and O–H groups in total. The number of rotatable bonds is 12. The van der Waals surface area contributed by atoms with Gasteiger partial charge in [0, 0.05) is 27.3 Å². The molecule has 0 amide bonds. The Morgan fingerprint density at radius 1 is 1.04 bits per heavy atom. The smallest absolute Gasteiger partial charge is 0.142 e. The van der Waals surface area contributed by atoms with Crippen LogP contribution in [-0.2, 0) is 15.9 Å². The van der Waals surface area contributed by atoms with E-state index in [1.807, 2.05) is 26.0 Å². The fourth-order valence-corrected chi connectivity index (χ4v) is 2.40. The standard InChI is InChI=1S/C18H32N2O3/c1-15(2)23-18-8-7-16(14-17(18)19)6-5-9-20(10-12-21-3)11-13-22-4/h7-8,14-15H,5-6,9-13,19H2,1-4H3. The molecule has 0 saturated carbocycles. The first-order valence-electron chi connectivity index (χ1n) is 8.32. The molecule has 0 unspecified atom stereocenters. The van der Waals surface area contributed by atoms with E-state index in [2.05, 4.69) is 11.0 Å². The summed E-state index contributed by atoms with van der Waals surface area (Å²) >= 11 is 0. The van der Waals surface area contributed by atoms with Gasteiger partial charge in [-0.05, 0) is 50.9 Å². The summed E-state index contributed by atoms with van der Waals surface area (Å²) in [4.78, 5) is 2.37. The second-order valence-electron chi connectivity index (χ2n) is 5.97. The Labute approximate surface area is 140 Å². The number of nitrogens with two attached hydrogens (primary N) is 1. The third-order valence-electron chi connectivity index (χ3n) is 3.60. The summed E-state index contributed by atoms with van der Waals surface area (Å²) in [6, 6.07) is 6.09. The van der Waals surface area contributed by atoms with Crippen molar-refractivity contribution in [3.05, 3.63) is 23.8 Å². The normalized spacial score (nSPS) is 11.4. The van der Waals surface area contributed by atoms with Crippen molar-refractivity contribution in [3.63, 3.8) is 0 Å². The zero-order valence-corrected chi connectivity index (χ0v) is 15.0. The minimum Gasteiger partial charge on any atom is -0.489 e. The SMILES string of the molecule is COCCN(CCCc1ccc(OC(C)C)c(N)c1)CCOC. The highest BCUT2D eigenvalue weighted by atomic mass is 16.5. The molecule has 0 aromatic heterocycles. The molecule has 0 heterocycles. The van der Waals surface area contributed by atoms with Crippen LogP contribution in [-0.4, -0.2) is 58.1 Å². The second-order valence-corrected chi connectivity index (χ2v) is 5.97. The Balaban J connectivity index is 2.44. The van der Waals surface area contributed by atoms with E-state index in [1.165, 1.54) is 5.56 Å². The van der Waals surface area contributed by atoms with E-state index in [-0.39, 0.29) is 6.10 Å². The van der Waals surface area contributed by atoms with Crippen LogP contribution in [0.5, 0.6) is 5.75 Å². The largest absolute Gasteiger partial charge is 0.489 e. The topological polar surface area (TPSA) is 57.0 Å². The van der Waals surface area contributed by atoms with Crippen molar-refractivity contribution in [2.45, 2.75) is 32.8 Å². The van der Waals surface area contributed by atoms with E-state index < -0.39 is 0 Å². The molecule has 0 aliphatic carbocycles. The molecule has 0 aliphatic heterocycles. The number of hydrogen-bond acceptors (Lipinski definition) is 5. The van der Waals surface area contributed by atoms with Gasteiger partial charge >= 0.3 is 0 Å². The lowest BCUT2D eigenvalue weighted by atomic mass is 10.1. The minimum atomic E-state index is 0.137. The number of methoxy groups -OCH3 is 2. The van der Waals surface area contributed by atoms with Gasteiger partial charge in [-0.2, -0.15) is 0 Å².